The van der Waals surface area contributed by atoms with Gasteiger partial charge in [-0.15, -0.1) is 0 Å². The third-order valence-electron chi connectivity index (χ3n) is 3.80. The van der Waals surface area contributed by atoms with Crippen LogP contribution in [0.15, 0.2) is 53.4 Å². The number of hydrogen-bond acceptors (Lipinski definition) is 4. The van der Waals surface area contributed by atoms with Gasteiger partial charge in [0.1, 0.15) is 15.9 Å². The standard InChI is InChI=1S/C19H16FNO2S2/c1-23-16-7-5-13(6-8-16)9-10-21-18(22)17(25-19(21)24)12-14-3-2-4-15(20)11-14/h2-8,11-12H,9-10H2,1H3/b17-12-. The van der Waals surface area contributed by atoms with Gasteiger partial charge in [-0.2, -0.15) is 0 Å². The zero-order chi connectivity index (χ0) is 17.8. The maximum Gasteiger partial charge on any atom is 0.266 e. The Hall–Kier alpha value is -2.18. The van der Waals surface area contributed by atoms with Gasteiger partial charge in [-0.25, -0.2) is 4.39 Å². The van der Waals surface area contributed by atoms with Gasteiger partial charge in [0.05, 0.1) is 12.0 Å². The van der Waals surface area contributed by atoms with E-state index in [4.69, 9.17) is 17.0 Å². The average molecular weight is 373 g/mol. The highest BCUT2D eigenvalue weighted by Gasteiger charge is 2.31. The molecule has 6 heteroatoms. The van der Waals surface area contributed by atoms with Gasteiger partial charge >= 0.3 is 0 Å². The van der Waals surface area contributed by atoms with Gasteiger partial charge in [-0.1, -0.05) is 48.2 Å². The van der Waals surface area contributed by atoms with Gasteiger partial charge in [-0.05, 0) is 47.9 Å². The van der Waals surface area contributed by atoms with E-state index < -0.39 is 0 Å². The molecule has 0 N–H and O–H groups in total. The Labute approximate surface area is 155 Å². The quantitative estimate of drug-likeness (QED) is 0.578. The van der Waals surface area contributed by atoms with Crippen molar-refractivity contribution in [2.24, 2.45) is 0 Å². The second-order valence-corrected chi connectivity index (χ2v) is 7.16. The number of thioether (sulfide) groups is 1. The minimum Gasteiger partial charge on any atom is -0.497 e. The molecule has 0 unspecified atom stereocenters. The Kier molecular flexibility index (Phi) is 5.50. The molecule has 0 saturated carbocycles. The molecule has 1 saturated heterocycles. The van der Waals surface area contributed by atoms with E-state index >= 15 is 0 Å². The van der Waals surface area contributed by atoms with E-state index in [0.29, 0.717) is 27.8 Å². The second-order valence-electron chi connectivity index (χ2n) is 5.49. The first-order chi connectivity index (χ1) is 12.1. The molecule has 1 aliphatic rings. The molecule has 0 radical (unpaired) electrons. The van der Waals surface area contributed by atoms with Crippen LogP contribution in [0.25, 0.3) is 6.08 Å². The molecule has 1 heterocycles. The zero-order valence-corrected chi connectivity index (χ0v) is 15.2. The summed E-state index contributed by atoms with van der Waals surface area (Å²) in [5.74, 6) is 0.337. The maximum atomic E-state index is 13.3. The van der Waals surface area contributed by atoms with Crippen molar-refractivity contribution in [1.29, 1.82) is 0 Å². The minimum absolute atomic E-state index is 0.132. The van der Waals surface area contributed by atoms with E-state index in [1.165, 1.54) is 23.9 Å². The van der Waals surface area contributed by atoms with Gasteiger partial charge in [0.25, 0.3) is 5.91 Å². The Balaban J connectivity index is 1.68. The summed E-state index contributed by atoms with van der Waals surface area (Å²) in [6.45, 7) is 0.511. The average Bonchev–Trinajstić information content (AvgIpc) is 2.87. The third kappa shape index (κ3) is 4.27. The van der Waals surface area contributed by atoms with E-state index in [2.05, 4.69) is 0 Å². The molecular formula is C19H16FNO2S2. The molecule has 2 aromatic carbocycles. The van der Waals surface area contributed by atoms with Crippen LogP contribution in [0, 0.1) is 5.82 Å². The van der Waals surface area contributed by atoms with E-state index in [1.54, 1.807) is 30.2 Å². The number of methoxy groups -OCH3 is 1. The first-order valence-electron chi connectivity index (χ1n) is 7.70. The predicted octanol–water partition coefficient (Wildman–Crippen LogP) is 4.28. The summed E-state index contributed by atoms with van der Waals surface area (Å²) in [5, 5.41) is 0. The summed E-state index contributed by atoms with van der Waals surface area (Å²) >= 11 is 6.57. The van der Waals surface area contributed by atoms with Crippen LogP contribution in [0.2, 0.25) is 0 Å². The second kappa shape index (κ2) is 7.80. The molecule has 25 heavy (non-hydrogen) atoms. The number of ether oxygens (including phenoxy) is 1. The van der Waals surface area contributed by atoms with Crippen LogP contribution in [-0.2, 0) is 11.2 Å². The molecule has 3 nitrogen and oxygen atoms in total. The molecule has 128 valence electrons. The largest absolute Gasteiger partial charge is 0.497 e. The lowest BCUT2D eigenvalue weighted by Gasteiger charge is -2.14. The summed E-state index contributed by atoms with van der Waals surface area (Å²) in [6.07, 6.45) is 2.37. The number of carbonyl (C=O) groups excluding carboxylic acids is 1. The van der Waals surface area contributed by atoms with Crippen molar-refractivity contribution in [2.75, 3.05) is 13.7 Å². The Bertz CT molecular complexity index is 834. The van der Waals surface area contributed by atoms with E-state index in [-0.39, 0.29) is 11.7 Å². The Morgan fingerprint density at radius 2 is 2.00 bits per heavy atom. The lowest BCUT2D eigenvalue weighted by atomic mass is 10.1. The maximum absolute atomic E-state index is 13.3. The van der Waals surface area contributed by atoms with Crippen LogP contribution in [0.1, 0.15) is 11.1 Å². The van der Waals surface area contributed by atoms with Gasteiger partial charge in [-0.3, -0.25) is 9.69 Å². The molecule has 1 fully saturated rings. The minimum atomic E-state index is -0.330. The number of thiocarbonyl (C=S) groups is 1. The molecule has 1 aliphatic heterocycles. The van der Waals surface area contributed by atoms with E-state index in [1.807, 2.05) is 24.3 Å². The molecule has 3 rings (SSSR count). The van der Waals surface area contributed by atoms with Gasteiger partial charge in [0.2, 0.25) is 0 Å². The summed E-state index contributed by atoms with van der Waals surface area (Å²) in [7, 11) is 1.63. The zero-order valence-electron chi connectivity index (χ0n) is 13.6. The van der Waals surface area contributed by atoms with Crippen LogP contribution < -0.4 is 4.74 Å². The number of halogens is 1. The van der Waals surface area contributed by atoms with Crippen molar-refractivity contribution < 1.29 is 13.9 Å². The van der Waals surface area contributed by atoms with Gasteiger partial charge in [0, 0.05) is 6.54 Å². The highest BCUT2D eigenvalue weighted by Crippen LogP contribution is 2.32. The van der Waals surface area contributed by atoms with Crippen molar-refractivity contribution in [3.63, 3.8) is 0 Å². The van der Waals surface area contributed by atoms with Crippen LogP contribution >= 0.6 is 24.0 Å². The normalized spacial score (nSPS) is 15.9. The Morgan fingerprint density at radius 1 is 1.24 bits per heavy atom. The highest BCUT2D eigenvalue weighted by molar-refractivity contribution is 8.26. The predicted molar refractivity (Wildman–Crippen MR) is 103 cm³/mol. The van der Waals surface area contributed by atoms with Crippen LogP contribution in [0.5, 0.6) is 5.75 Å². The van der Waals surface area contributed by atoms with Crippen molar-refractivity contribution >= 4 is 40.3 Å². The molecule has 0 aliphatic carbocycles. The fraction of sp³-hybridized carbons (Fsp3) is 0.158. The molecule has 0 spiro atoms. The SMILES string of the molecule is COc1ccc(CCN2C(=O)/C(=C/c3cccc(F)c3)SC2=S)cc1. The number of benzene rings is 2. The Morgan fingerprint density at radius 3 is 2.68 bits per heavy atom. The molecule has 1 amide bonds. The molecule has 0 atom stereocenters. The fourth-order valence-corrected chi connectivity index (χ4v) is 3.78. The van der Waals surface area contributed by atoms with Crippen LogP contribution in [0.3, 0.4) is 0 Å². The summed E-state index contributed by atoms with van der Waals surface area (Å²) in [6, 6.07) is 13.9. The third-order valence-corrected chi connectivity index (χ3v) is 5.18. The lowest BCUT2D eigenvalue weighted by molar-refractivity contribution is -0.122. The van der Waals surface area contributed by atoms with Gasteiger partial charge in [0.15, 0.2) is 0 Å². The van der Waals surface area contributed by atoms with Crippen molar-refractivity contribution in [1.82, 2.24) is 4.90 Å². The highest BCUT2D eigenvalue weighted by atomic mass is 32.2. The van der Waals surface area contributed by atoms with E-state index in [0.717, 1.165) is 11.3 Å². The summed E-state index contributed by atoms with van der Waals surface area (Å²) < 4.78 is 19.0. The summed E-state index contributed by atoms with van der Waals surface area (Å²) in [5.41, 5.74) is 1.75. The fourth-order valence-electron chi connectivity index (χ4n) is 2.47. The number of hydrogen-bond donors (Lipinski definition) is 0. The van der Waals surface area contributed by atoms with Crippen molar-refractivity contribution in [3.05, 3.63) is 70.4 Å². The first-order valence-corrected chi connectivity index (χ1v) is 8.93. The van der Waals surface area contributed by atoms with Crippen molar-refractivity contribution in [3.8, 4) is 5.75 Å². The van der Waals surface area contributed by atoms with Crippen LogP contribution in [0.4, 0.5) is 4.39 Å². The number of carbonyl (C=O) groups is 1. The van der Waals surface area contributed by atoms with Gasteiger partial charge < -0.3 is 4.74 Å². The molecule has 2 aromatic rings. The smallest absolute Gasteiger partial charge is 0.266 e. The topological polar surface area (TPSA) is 29.5 Å². The number of rotatable bonds is 5. The number of amides is 1. The molecular weight excluding hydrogens is 357 g/mol. The lowest BCUT2D eigenvalue weighted by Crippen LogP contribution is -2.30. The summed E-state index contributed by atoms with van der Waals surface area (Å²) in [4.78, 5) is 14.7. The number of nitrogens with zero attached hydrogens (tertiary/aromatic N) is 1. The van der Waals surface area contributed by atoms with Crippen molar-refractivity contribution in [2.45, 2.75) is 6.42 Å². The van der Waals surface area contributed by atoms with Crippen LogP contribution in [-0.4, -0.2) is 28.8 Å². The monoisotopic (exact) mass is 373 g/mol. The molecule has 0 aromatic heterocycles. The first kappa shape index (κ1) is 17.6. The van der Waals surface area contributed by atoms with E-state index in [9.17, 15) is 9.18 Å². The molecule has 0 bridgehead atoms.